The molecule has 0 saturated heterocycles. The van der Waals surface area contributed by atoms with Crippen molar-refractivity contribution in [1.29, 1.82) is 0 Å². The van der Waals surface area contributed by atoms with E-state index < -0.39 is 0 Å². The van der Waals surface area contributed by atoms with Crippen molar-refractivity contribution in [2.45, 2.75) is 20.3 Å². The Balaban J connectivity index is 2.25. The van der Waals surface area contributed by atoms with Crippen LogP contribution >= 0.6 is 0 Å². The van der Waals surface area contributed by atoms with Crippen molar-refractivity contribution in [3.8, 4) is 0 Å². The lowest BCUT2D eigenvalue weighted by molar-refractivity contribution is 0.490. The van der Waals surface area contributed by atoms with Gasteiger partial charge in [0.1, 0.15) is 0 Å². The van der Waals surface area contributed by atoms with E-state index in [9.17, 15) is 0 Å². The molecule has 1 rings (SSSR count). The molecule has 48 valence electrons. The van der Waals surface area contributed by atoms with Crippen LogP contribution in [-0.4, -0.2) is 13.6 Å². The fraction of sp³-hybridized carbons (Fsp3) is 1.00. The highest BCUT2D eigenvalue weighted by Crippen LogP contribution is 2.50. The molecule has 8 heavy (non-hydrogen) atoms. The molecule has 1 aliphatic carbocycles. The Morgan fingerprint density at radius 1 is 1.75 bits per heavy atom. The monoisotopic (exact) mass is 113 g/mol. The molecule has 1 heteroatoms. The van der Waals surface area contributed by atoms with Crippen molar-refractivity contribution in [3.05, 3.63) is 0 Å². The molecule has 0 amide bonds. The minimum Gasteiger partial charge on any atom is -0.319 e. The second-order valence-electron chi connectivity index (χ2n) is 3.29. The van der Waals surface area contributed by atoms with Gasteiger partial charge >= 0.3 is 0 Å². The van der Waals surface area contributed by atoms with Gasteiger partial charge in [-0.1, -0.05) is 13.8 Å². The van der Waals surface area contributed by atoms with Gasteiger partial charge in [-0.3, -0.25) is 0 Å². The van der Waals surface area contributed by atoms with Crippen LogP contribution in [0.5, 0.6) is 0 Å². The average Bonchev–Trinajstić information content (AvgIpc) is 2.16. The first-order chi connectivity index (χ1) is 3.69. The Labute approximate surface area is 51.5 Å². The summed E-state index contributed by atoms with van der Waals surface area (Å²) in [6.07, 6.45) is 1.41. The van der Waals surface area contributed by atoms with Gasteiger partial charge in [-0.05, 0) is 24.8 Å². The first kappa shape index (κ1) is 6.09. The minimum absolute atomic E-state index is 0.648. The molecule has 0 spiro atoms. The van der Waals surface area contributed by atoms with Gasteiger partial charge in [0.25, 0.3) is 0 Å². The lowest BCUT2D eigenvalue weighted by atomic mass is 10.1. The maximum absolute atomic E-state index is 3.20. The van der Waals surface area contributed by atoms with E-state index in [4.69, 9.17) is 0 Å². The van der Waals surface area contributed by atoms with Crippen LogP contribution in [0.4, 0.5) is 0 Å². The van der Waals surface area contributed by atoms with E-state index in [-0.39, 0.29) is 0 Å². The summed E-state index contributed by atoms with van der Waals surface area (Å²) < 4.78 is 0. The Bertz CT molecular complexity index is 90.4. The van der Waals surface area contributed by atoms with Crippen LogP contribution in [0, 0.1) is 11.3 Å². The highest BCUT2D eigenvalue weighted by atomic mass is 14.8. The van der Waals surface area contributed by atoms with Crippen LogP contribution in [0.3, 0.4) is 0 Å². The maximum Gasteiger partial charge on any atom is 0.000482 e. The Kier molecular flexibility index (Phi) is 1.31. The lowest BCUT2D eigenvalue weighted by Crippen LogP contribution is -2.18. The lowest BCUT2D eigenvalue weighted by Gasteiger charge is -2.06. The summed E-state index contributed by atoms with van der Waals surface area (Å²) in [7, 11) is 2.02. The fourth-order valence-corrected chi connectivity index (χ4v) is 1.29. The second-order valence-corrected chi connectivity index (χ2v) is 3.29. The number of nitrogens with one attached hydrogen (secondary N) is 1. The Morgan fingerprint density at radius 3 is 2.38 bits per heavy atom. The van der Waals surface area contributed by atoms with E-state index in [2.05, 4.69) is 19.2 Å². The van der Waals surface area contributed by atoms with Crippen molar-refractivity contribution in [3.63, 3.8) is 0 Å². The summed E-state index contributed by atoms with van der Waals surface area (Å²) in [6.45, 7) is 5.85. The zero-order chi connectivity index (χ0) is 6.20. The zero-order valence-corrected chi connectivity index (χ0v) is 5.99. The largest absolute Gasteiger partial charge is 0.319 e. The van der Waals surface area contributed by atoms with Gasteiger partial charge in [-0.15, -0.1) is 0 Å². The molecule has 0 aromatic carbocycles. The standard InChI is InChI=1S/C7H15N/c1-6-4-7(6,2)5-8-3/h6,8H,4-5H2,1-3H3/t6?,7-/m0/s1. The highest BCUT2D eigenvalue weighted by Gasteiger charge is 2.45. The topological polar surface area (TPSA) is 12.0 Å². The molecule has 0 aromatic rings. The molecule has 2 atom stereocenters. The molecule has 0 heterocycles. The van der Waals surface area contributed by atoms with Crippen molar-refractivity contribution in [1.82, 2.24) is 5.32 Å². The van der Waals surface area contributed by atoms with Gasteiger partial charge in [-0.25, -0.2) is 0 Å². The first-order valence-electron chi connectivity index (χ1n) is 3.33. The van der Waals surface area contributed by atoms with Gasteiger partial charge in [-0.2, -0.15) is 0 Å². The van der Waals surface area contributed by atoms with Crippen molar-refractivity contribution >= 4 is 0 Å². The molecule has 0 bridgehead atoms. The molecule has 1 saturated carbocycles. The molecule has 0 aliphatic heterocycles. The Morgan fingerprint density at radius 2 is 2.25 bits per heavy atom. The molecule has 1 nitrogen and oxygen atoms in total. The molecule has 1 N–H and O–H groups in total. The molecular weight excluding hydrogens is 98.1 g/mol. The second kappa shape index (κ2) is 1.73. The number of hydrogen-bond acceptors (Lipinski definition) is 1. The summed E-state index contributed by atoms with van der Waals surface area (Å²) in [6, 6.07) is 0. The van der Waals surface area contributed by atoms with Crippen LogP contribution in [0.15, 0.2) is 0 Å². The van der Waals surface area contributed by atoms with Crippen LogP contribution in [-0.2, 0) is 0 Å². The Hall–Kier alpha value is -0.0400. The summed E-state index contributed by atoms with van der Waals surface area (Å²) in [5.74, 6) is 0.954. The van der Waals surface area contributed by atoms with Gasteiger partial charge in [0.15, 0.2) is 0 Å². The highest BCUT2D eigenvalue weighted by molar-refractivity contribution is 4.96. The van der Waals surface area contributed by atoms with E-state index in [1.54, 1.807) is 0 Å². The number of rotatable bonds is 2. The quantitative estimate of drug-likeness (QED) is 0.568. The third-order valence-corrected chi connectivity index (χ3v) is 2.38. The summed E-state index contributed by atoms with van der Waals surface area (Å²) in [5, 5.41) is 3.20. The predicted molar refractivity (Wildman–Crippen MR) is 35.8 cm³/mol. The predicted octanol–water partition coefficient (Wildman–Crippen LogP) is 1.25. The van der Waals surface area contributed by atoms with Crippen molar-refractivity contribution in [2.24, 2.45) is 11.3 Å². The third-order valence-electron chi connectivity index (χ3n) is 2.38. The molecule has 1 unspecified atom stereocenters. The molecule has 1 aliphatic rings. The maximum atomic E-state index is 3.20. The van der Waals surface area contributed by atoms with Gasteiger partial charge in [0.05, 0.1) is 0 Å². The average molecular weight is 113 g/mol. The molecular formula is C7H15N. The first-order valence-corrected chi connectivity index (χ1v) is 3.33. The van der Waals surface area contributed by atoms with Crippen LogP contribution in [0.25, 0.3) is 0 Å². The zero-order valence-electron chi connectivity index (χ0n) is 5.99. The number of hydrogen-bond donors (Lipinski definition) is 1. The van der Waals surface area contributed by atoms with Gasteiger partial charge in [0, 0.05) is 6.54 Å². The smallest absolute Gasteiger partial charge is 0.000482 e. The summed E-state index contributed by atoms with van der Waals surface area (Å²) in [5.41, 5.74) is 0.648. The van der Waals surface area contributed by atoms with Crippen LogP contribution < -0.4 is 5.32 Å². The van der Waals surface area contributed by atoms with E-state index in [0.29, 0.717) is 5.41 Å². The van der Waals surface area contributed by atoms with Crippen LogP contribution in [0.1, 0.15) is 20.3 Å². The SMILES string of the molecule is CNC[C@]1(C)CC1C. The molecule has 0 aromatic heterocycles. The van der Waals surface area contributed by atoms with E-state index in [0.717, 1.165) is 5.92 Å². The summed E-state index contributed by atoms with van der Waals surface area (Å²) >= 11 is 0. The van der Waals surface area contributed by atoms with Crippen molar-refractivity contribution < 1.29 is 0 Å². The summed E-state index contributed by atoms with van der Waals surface area (Å²) in [4.78, 5) is 0. The van der Waals surface area contributed by atoms with E-state index in [1.165, 1.54) is 13.0 Å². The minimum atomic E-state index is 0.648. The van der Waals surface area contributed by atoms with E-state index >= 15 is 0 Å². The fourth-order valence-electron chi connectivity index (χ4n) is 1.29. The van der Waals surface area contributed by atoms with Gasteiger partial charge < -0.3 is 5.32 Å². The van der Waals surface area contributed by atoms with Crippen LogP contribution in [0.2, 0.25) is 0 Å². The normalized spacial score (nSPS) is 44.6. The molecule has 1 fully saturated rings. The molecule has 0 radical (unpaired) electrons. The van der Waals surface area contributed by atoms with Gasteiger partial charge in [0.2, 0.25) is 0 Å². The van der Waals surface area contributed by atoms with Crippen molar-refractivity contribution in [2.75, 3.05) is 13.6 Å². The third kappa shape index (κ3) is 0.873. The van der Waals surface area contributed by atoms with E-state index in [1.807, 2.05) is 7.05 Å².